The lowest BCUT2D eigenvalue weighted by atomic mass is 9.94. The third-order valence-electron chi connectivity index (χ3n) is 5.31. The Kier molecular flexibility index (Phi) is 5.42. The number of anilines is 1. The van der Waals surface area contributed by atoms with Crippen LogP contribution in [0.3, 0.4) is 0 Å². The summed E-state index contributed by atoms with van der Waals surface area (Å²) < 4.78 is 42.8. The number of hydrogen-bond acceptors (Lipinski definition) is 4. The molecule has 0 spiro atoms. The van der Waals surface area contributed by atoms with Gasteiger partial charge in [0.05, 0.1) is 5.41 Å². The van der Waals surface area contributed by atoms with Crippen LogP contribution in [0.5, 0.6) is 17.2 Å². The largest absolute Gasteiger partial charge is 0.573 e. The van der Waals surface area contributed by atoms with Crippen molar-refractivity contribution in [2.45, 2.75) is 24.6 Å². The number of phenolic OH excluding ortho intramolecular Hbond substituents is 2. The summed E-state index contributed by atoms with van der Waals surface area (Å²) >= 11 is 5.99. The summed E-state index contributed by atoms with van der Waals surface area (Å²) in [6, 6.07) is 14.3. The summed E-state index contributed by atoms with van der Waals surface area (Å²) in [5.41, 5.74) is 0.418. The van der Waals surface area contributed by atoms with Crippen LogP contribution in [0.25, 0.3) is 11.1 Å². The molecule has 1 fully saturated rings. The van der Waals surface area contributed by atoms with Gasteiger partial charge in [0.1, 0.15) is 5.75 Å². The Morgan fingerprint density at radius 3 is 2.38 bits per heavy atom. The zero-order valence-corrected chi connectivity index (χ0v) is 17.2. The van der Waals surface area contributed by atoms with Gasteiger partial charge in [-0.3, -0.25) is 4.79 Å². The Morgan fingerprint density at radius 1 is 1.00 bits per heavy atom. The topological polar surface area (TPSA) is 78.8 Å². The number of benzene rings is 3. The van der Waals surface area contributed by atoms with Gasteiger partial charge in [0.15, 0.2) is 11.5 Å². The lowest BCUT2D eigenvalue weighted by Crippen LogP contribution is -2.27. The summed E-state index contributed by atoms with van der Waals surface area (Å²) in [6.45, 7) is 0. The van der Waals surface area contributed by atoms with Crippen LogP contribution in [0.2, 0.25) is 5.02 Å². The number of carbonyl (C=O) groups excluding carboxylic acids is 1. The fourth-order valence-corrected chi connectivity index (χ4v) is 3.74. The van der Waals surface area contributed by atoms with Gasteiger partial charge >= 0.3 is 6.36 Å². The number of aromatic hydroxyl groups is 2. The molecule has 1 aliphatic carbocycles. The van der Waals surface area contributed by atoms with Crippen molar-refractivity contribution in [3.63, 3.8) is 0 Å². The van der Waals surface area contributed by atoms with E-state index in [4.69, 9.17) is 11.6 Å². The maximum Gasteiger partial charge on any atom is 0.573 e. The number of nitrogens with one attached hydrogen (secondary N) is 1. The van der Waals surface area contributed by atoms with E-state index in [9.17, 15) is 28.2 Å². The average Bonchev–Trinajstić information content (AvgIpc) is 3.52. The molecule has 9 heteroatoms. The molecule has 166 valence electrons. The number of ether oxygens (including phenoxy) is 1. The summed E-state index contributed by atoms with van der Waals surface area (Å²) in [5.74, 6) is -1.43. The highest BCUT2D eigenvalue weighted by Gasteiger charge is 2.51. The Morgan fingerprint density at radius 2 is 1.75 bits per heavy atom. The molecule has 0 heterocycles. The molecule has 3 N–H and O–H groups in total. The summed E-state index contributed by atoms with van der Waals surface area (Å²) in [7, 11) is 0. The van der Waals surface area contributed by atoms with Gasteiger partial charge in [0, 0.05) is 16.3 Å². The highest BCUT2D eigenvalue weighted by atomic mass is 35.5. The van der Waals surface area contributed by atoms with Crippen LogP contribution in [0, 0.1) is 0 Å². The van der Waals surface area contributed by atoms with E-state index < -0.39 is 17.5 Å². The van der Waals surface area contributed by atoms with Crippen molar-refractivity contribution < 1.29 is 32.9 Å². The van der Waals surface area contributed by atoms with Crippen LogP contribution in [0.15, 0.2) is 60.7 Å². The molecule has 3 aromatic carbocycles. The van der Waals surface area contributed by atoms with Gasteiger partial charge in [-0.05, 0) is 66.4 Å². The first-order valence-electron chi connectivity index (χ1n) is 9.57. The monoisotopic (exact) mass is 463 g/mol. The molecule has 0 saturated heterocycles. The Balaban J connectivity index is 1.66. The highest BCUT2D eigenvalue weighted by Crippen LogP contribution is 2.50. The van der Waals surface area contributed by atoms with Crippen molar-refractivity contribution in [2.75, 3.05) is 5.32 Å². The van der Waals surface area contributed by atoms with Crippen molar-refractivity contribution >= 4 is 23.2 Å². The molecule has 5 nitrogen and oxygen atoms in total. The van der Waals surface area contributed by atoms with E-state index in [0.717, 1.165) is 6.07 Å². The first kappa shape index (κ1) is 21.8. The smallest absolute Gasteiger partial charge is 0.504 e. The van der Waals surface area contributed by atoms with Crippen LogP contribution in [0.4, 0.5) is 18.9 Å². The second-order valence-electron chi connectivity index (χ2n) is 7.51. The first-order chi connectivity index (χ1) is 15.1. The Hall–Kier alpha value is -3.39. The van der Waals surface area contributed by atoms with E-state index >= 15 is 0 Å². The molecule has 1 amide bonds. The fourth-order valence-electron chi connectivity index (χ4n) is 3.55. The van der Waals surface area contributed by atoms with Gasteiger partial charge in [-0.2, -0.15) is 0 Å². The predicted molar refractivity (Wildman–Crippen MR) is 113 cm³/mol. The van der Waals surface area contributed by atoms with E-state index in [1.165, 1.54) is 30.3 Å². The molecular weight excluding hydrogens is 447 g/mol. The zero-order valence-electron chi connectivity index (χ0n) is 16.4. The maximum absolute atomic E-state index is 13.0. The first-order valence-corrected chi connectivity index (χ1v) is 9.95. The summed E-state index contributed by atoms with van der Waals surface area (Å²) in [4.78, 5) is 13.0. The number of hydrogen-bond donors (Lipinski definition) is 3. The van der Waals surface area contributed by atoms with E-state index in [2.05, 4.69) is 10.1 Å². The van der Waals surface area contributed by atoms with Gasteiger partial charge in [-0.25, -0.2) is 0 Å². The predicted octanol–water partition coefficient (Wildman–Crippen LogP) is 5.99. The minimum atomic E-state index is -4.89. The van der Waals surface area contributed by atoms with Crippen molar-refractivity contribution in [2.24, 2.45) is 0 Å². The fraction of sp³-hybridized carbons (Fsp3) is 0.174. The third kappa shape index (κ3) is 4.45. The van der Waals surface area contributed by atoms with Crippen LogP contribution in [-0.2, 0) is 10.2 Å². The molecule has 32 heavy (non-hydrogen) atoms. The number of halogens is 4. The van der Waals surface area contributed by atoms with Crippen molar-refractivity contribution in [1.82, 2.24) is 0 Å². The second-order valence-corrected chi connectivity index (χ2v) is 7.95. The molecule has 0 aliphatic heterocycles. The minimum Gasteiger partial charge on any atom is -0.504 e. The summed E-state index contributed by atoms with van der Waals surface area (Å²) in [6.07, 6.45) is -3.84. The second kappa shape index (κ2) is 7.94. The number of rotatable bonds is 5. The van der Waals surface area contributed by atoms with E-state index in [0.29, 0.717) is 29.0 Å². The number of alkyl halides is 3. The van der Waals surface area contributed by atoms with E-state index in [1.54, 1.807) is 24.3 Å². The van der Waals surface area contributed by atoms with Gasteiger partial charge in [0.25, 0.3) is 0 Å². The average molecular weight is 464 g/mol. The van der Waals surface area contributed by atoms with Crippen molar-refractivity contribution in [3.8, 4) is 28.4 Å². The molecule has 0 unspecified atom stereocenters. The van der Waals surface area contributed by atoms with Crippen LogP contribution >= 0.6 is 11.6 Å². The Labute approximate surface area is 186 Å². The van der Waals surface area contributed by atoms with E-state index in [-0.39, 0.29) is 28.7 Å². The molecule has 1 aliphatic rings. The summed E-state index contributed by atoms with van der Waals surface area (Å²) in [5, 5.41) is 22.4. The molecule has 3 aromatic rings. The molecule has 4 rings (SSSR count). The van der Waals surface area contributed by atoms with Crippen molar-refractivity contribution in [1.29, 1.82) is 0 Å². The molecule has 0 aromatic heterocycles. The quantitative estimate of drug-likeness (QED) is 0.406. The third-order valence-corrected chi connectivity index (χ3v) is 5.55. The standard InChI is InChI=1S/C23H17ClF3NO4/c24-15-3-1-2-13(10-15)17-12-16(5-7-20(17)32-23(25,26)27)28-21(31)22(8-9-22)14-4-6-18(29)19(30)11-14/h1-7,10-12,29-30H,8-9H2,(H,28,31). The lowest BCUT2D eigenvalue weighted by Gasteiger charge is -2.18. The molecular formula is C23H17ClF3NO4. The highest BCUT2D eigenvalue weighted by molar-refractivity contribution is 6.30. The van der Waals surface area contributed by atoms with Crippen molar-refractivity contribution in [3.05, 3.63) is 71.2 Å². The molecule has 1 saturated carbocycles. The van der Waals surface area contributed by atoms with Gasteiger partial charge in [0.2, 0.25) is 5.91 Å². The van der Waals surface area contributed by atoms with Crippen LogP contribution < -0.4 is 10.1 Å². The zero-order chi connectivity index (χ0) is 23.1. The maximum atomic E-state index is 13.0. The molecule has 0 bridgehead atoms. The van der Waals surface area contributed by atoms with Gasteiger partial charge in [-0.1, -0.05) is 29.8 Å². The number of carbonyl (C=O) groups is 1. The molecule has 0 radical (unpaired) electrons. The SMILES string of the molecule is O=C(Nc1ccc(OC(F)(F)F)c(-c2cccc(Cl)c2)c1)C1(c2ccc(O)c(O)c2)CC1. The molecule has 0 atom stereocenters. The minimum absolute atomic E-state index is 0.106. The van der Waals surface area contributed by atoms with E-state index in [1.807, 2.05) is 0 Å². The van der Waals surface area contributed by atoms with Gasteiger partial charge < -0.3 is 20.3 Å². The number of phenols is 2. The van der Waals surface area contributed by atoms with Gasteiger partial charge in [-0.15, -0.1) is 13.2 Å². The van der Waals surface area contributed by atoms with Crippen LogP contribution in [-0.4, -0.2) is 22.5 Å². The Bertz CT molecular complexity index is 1190. The number of amides is 1. The normalized spacial score (nSPS) is 14.6. The lowest BCUT2D eigenvalue weighted by molar-refractivity contribution is -0.274. The van der Waals surface area contributed by atoms with Crippen LogP contribution in [0.1, 0.15) is 18.4 Å².